The zero-order chi connectivity index (χ0) is 10.0. The van der Waals surface area contributed by atoms with E-state index < -0.39 is 10.9 Å². The molecule has 0 heterocycles. The van der Waals surface area contributed by atoms with Crippen molar-refractivity contribution in [2.45, 2.75) is 6.92 Å². The third-order valence-electron chi connectivity index (χ3n) is 1.58. The molecule has 6 heteroatoms. The van der Waals surface area contributed by atoms with E-state index in [9.17, 15) is 14.9 Å². The second kappa shape index (κ2) is 5.09. The van der Waals surface area contributed by atoms with Gasteiger partial charge in [0.25, 0.3) is 5.69 Å². The van der Waals surface area contributed by atoms with E-state index >= 15 is 0 Å². The number of aryl methyl sites for hydroxylation is 1. The van der Waals surface area contributed by atoms with Crippen molar-refractivity contribution >= 4 is 41.2 Å². The summed E-state index contributed by atoms with van der Waals surface area (Å²) in [5.74, 6) is -1.28. The Hall–Kier alpha value is -0.910. The van der Waals surface area contributed by atoms with E-state index in [0.29, 0.717) is 5.56 Å². The van der Waals surface area contributed by atoms with Crippen molar-refractivity contribution in [3.8, 4) is 0 Å². The first-order valence-corrected chi connectivity index (χ1v) is 3.50. The first kappa shape index (κ1) is 13.1. The van der Waals surface area contributed by atoms with Gasteiger partial charge in [-0.2, -0.15) is 0 Å². The summed E-state index contributed by atoms with van der Waals surface area (Å²) in [5, 5.41) is 19.0. The van der Waals surface area contributed by atoms with Gasteiger partial charge in [-0.05, 0) is 18.6 Å². The topological polar surface area (TPSA) is 80.4 Å². The summed E-state index contributed by atoms with van der Waals surface area (Å²) in [6.45, 7) is 1.68. The van der Waals surface area contributed by atoms with Crippen LogP contribution in [0, 0.1) is 17.0 Å². The number of aromatic carboxylic acids is 1. The molecule has 0 radical (unpaired) electrons. The minimum absolute atomic E-state index is 0. The zero-order valence-corrected chi connectivity index (χ0v) is 6.85. The third kappa shape index (κ3) is 2.80. The van der Waals surface area contributed by atoms with Gasteiger partial charge >= 0.3 is 35.5 Å². The molecular weight excluding hydrogens is 197 g/mol. The molecule has 14 heavy (non-hydrogen) atoms. The second-order valence-corrected chi connectivity index (χ2v) is 2.58. The SMILES string of the molecule is Cc1ccc([N+](=O)[O-])c(C(=O)O)c1.[NaH]. The number of nitro benzene ring substituents is 1. The molecule has 1 aromatic carbocycles. The summed E-state index contributed by atoms with van der Waals surface area (Å²) in [6.07, 6.45) is 0. The van der Waals surface area contributed by atoms with Crippen LogP contribution in [0.15, 0.2) is 18.2 Å². The fourth-order valence-electron chi connectivity index (χ4n) is 0.980. The van der Waals surface area contributed by atoms with Gasteiger partial charge in [0.2, 0.25) is 0 Å². The molecule has 0 saturated heterocycles. The average Bonchev–Trinajstić information content (AvgIpc) is 2.03. The van der Waals surface area contributed by atoms with E-state index in [2.05, 4.69) is 0 Å². The van der Waals surface area contributed by atoms with Crippen LogP contribution in [0.2, 0.25) is 0 Å². The van der Waals surface area contributed by atoms with Crippen molar-refractivity contribution in [3.05, 3.63) is 39.4 Å². The van der Waals surface area contributed by atoms with Crippen molar-refractivity contribution in [1.29, 1.82) is 0 Å². The van der Waals surface area contributed by atoms with Gasteiger partial charge in [-0.25, -0.2) is 4.79 Å². The Balaban J connectivity index is 0.00000169. The van der Waals surface area contributed by atoms with Crippen LogP contribution < -0.4 is 0 Å². The van der Waals surface area contributed by atoms with Crippen molar-refractivity contribution in [2.24, 2.45) is 0 Å². The van der Waals surface area contributed by atoms with Crippen LogP contribution in [0.5, 0.6) is 0 Å². The fourth-order valence-corrected chi connectivity index (χ4v) is 0.980. The van der Waals surface area contributed by atoms with Crippen LogP contribution in [0.1, 0.15) is 15.9 Å². The number of nitrogens with zero attached hydrogens (tertiary/aromatic N) is 1. The van der Waals surface area contributed by atoms with Gasteiger partial charge < -0.3 is 5.11 Å². The summed E-state index contributed by atoms with van der Waals surface area (Å²) in [5.41, 5.74) is 0.0334. The Kier molecular flexibility index (Phi) is 4.76. The quantitative estimate of drug-likeness (QED) is 0.442. The molecular formula is C8H8NNaO4. The number of carbonyl (C=O) groups is 1. The first-order chi connectivity index (χ1) is 6.02. The van der Waals surface area contributed by atoms with Crippen LogP contribution >= 0.6 is 0 Å². The molecule has 0 bridgehead atoms. The van der Waals surface area contributed by atoms with Crippen molar-refractivity contribution in [3.63, 3.8) is 0 Å². The van der Waals surface area contributed by atoms with Gasteiger partial charge in [-0.15, -0.1) is 0 Å². The van der Waals surface area contributed by atoms with Crippen LogP contribution in [0.25, 0.3) is 0 Å². The molecule has 0 aliphatic heterocycles. The van der Waals surface area contributed by atoms with Gasteiger partial charge in [0, 0.05) is 6.07 Å². The molecule has 1 aromatic rings. The van der Waals surface area contributed by atoms with Gasteiger partial charge in [-0.1, -0.05) is 6.07 Å². The second-order valence-electron chi connectivity index (χ2n) is 2.58. The molecule has 0 spiro atoms. The standard InChI is InChI=1S/C8H7NO4.Na.H/c1-5-2-3-7(9(12)13)6(4-5)8(10)11;;/h2-4H,1H3,(H,10,11);;. The van der Waals surface area contributed by atoms with Crippen molar-refractivity contribution < 1.29 is 14.8 Å². The van der Waals surface area contributed by atoms with E-state index in [1.807, 2.05) is 0 Å². The van der Waals surface area contributed by atoms with Crippen molar-refractivity contribution in [1.82, 2.24) is 0 Å². The predicted octanol–water partition coefficient (Wildman–Crippen LogP) is 0.953. The van der Waals surface area contributed by atoms with Crippen LogP contribution in [0.3, 0.4) is 0 Å². The maximum atomic E-state index is 10.6. The summed E-state index contributed by atoms with van der Waals surface area (Å²) in [4.78, 5) is 20.2. The summed E-state index contributed by atoms with van der Waals surface area (Å²) in [7, 11) is 0. The van der Waals surface area contributed by atoms with Crippen molar-refractivity contribution in [2.75, 3.05) is 0 Å². The van der Waals surface area contributed by atoms with Gasteiger partial charge in [0.1, 0.15) is 5.56 Å². The van der Waals surface area contributed by atoms with Gasteiger partial charge in [-0.3, -0.25) is 10.1 Å². The molecule has 0 atom stereocenters. The number of carboxylic acid groups (broad SMARTS) is 1. The first-order valence-electron chi connectivity index (χ1n) is 3.50. The minimum atomic E-state index is -1.28. The number of nitro groups is 1. The summed E-state index contributed by atoms with van der Waals surface area (Å²) < 4.78 is 0. The molecule has 1 N–H and O–H groups in total. The molecule has 0 fully saturated rings. The normalized spacial score (nSPS) is 8.93. The maximum absolute atomic E-state index is 10.6. The van der Waals surface area contributed by atoms with Crippen LogP contribution in [0.4, 0.5) is 5.69 Å². The molecule has 5 nitrogen and oxygen atoms in total. The summed E-state index contributed by atoms with van der Waals surface area (Å²) >= 11 is 0. The monoisotopic (exact) mass is 205 g/mol. The van der Waals surface area contributed by atoms with Crippen LogP contribution in [-0.2, 0) is 0 Å². The fraction of sp³-hybridized carbons (Fsp3) is 0.125. The molecule has 0 saturated carbocycles. The van der Waals surface area contributed by atoms with Crippen LogP contribution in [-0.4, -0.2) is 45.6 Å². The Morgan fingerprint density at radius 1 is 1.50 bits per heavy atom. The molecule has 0 aliphatic carbocycles. The zero-order valence-electron chi connectivity index (χ0n) is 6.85. The van der Waals surface area contributed by atoms with Gasteiger partial charge in [0.05, 0.1) is 4.92 Å². The molecule has 0 aliphatic rings. The predicted molar refractivity (Wildman–Crippen MR) is 51.9 cm³/mol. The third-order valence-corrected chi connectivity index (χ3v) is 1.58. The molecule has 0 amide bonds. The average molecular weight is 205 g/mol. The molecule has 0 unspecified atom stereocenters. The van der Waals surface area contributed by atoms with E-state index in [4.69, 9.17) is 5.11 Å². The van der Waals surface area contributed by atoms with Gasteiger partial charge in [0.15, 0.2) is 0 Å². The Morgan fingerprint density at radius 2 is 2.07 bits per heavy atom. The number of carboxylic acids is 1. The Morgan fingerprint density at radius 3 is 2.50 bits per heavy atom. The summed E-state index contributed by atoms with van der Waals surface area (Å²) in [6, 6.07) is 3.98. The molecule has 0 aromatic heterocycles. The van der Waals surface area contributed by atoms with E-state index in [1.54, 1.807) is 6.92 Å². The molecule has 70 valence electrons. The van der Waals surface area contributed by atoms with E-state index in [0.717, 1.165) is 0 Å². The number of hydrogen-bond donors (Lipinski definition) is 1. The number of benzene rings is 1. The Bertz CT molecular complexity index is 378. The number of hydrogen-bond acceptors (Lipinski definition) is 3. The van der Waals surface area contributed by atoms with E-state index in [1.165, 1.54) is 18.2 Å². The molecule has 1 rings (SSSR count). The van der Waals surface area contributed by atoms with E-state index in [-0.39, 0.29) is 40.8 Å². The number of rotatable bonds is 2. The Labute approximate surface area is 102 Å².